The van der Waals surface area contributed by atoms with Crippen LogP contribution < -0.4 is 0 Å². The van der Waals surface area contributed by atoms with Crippen molar-refractivity contribution in [3.63, 3.8) is 0 Å². The Kier molecular flexibility index (Phi) is 4.64. The quantitative estimate of drug-likeness (QED) is 0.618. The molecule has 0 aromatic carbocycles. The number of ether oxygens (including phenoxy) is 1. The third-order valence-corrected chi connectivity index (χ3v) is 2.33. The first-order chi connectivity index (χ1) is 6.77. The lowest BCUT2D eigenvalue weighted by Crippen LogP contribution is -2.46. The zero-order valence-electron chi connectivity index (χ0n) is 8.66. The van der Waals surface area contributed by atoms with Gasteiger partial charge in [0.15, 0.2) is 5.78 Å². The zero-order valence-corrected chi connectivity index (χ0v) is 8.66. The lowest BCUT2D eigenvalue weighted by Gasteiger charge is -2.31. The second-order valence-electron chi connectivity index (χ2n) is 3.51. The molecule has 1 aliphatic rings. The summed E-state index contributed by atoms with van der Waals surface area (Å²) in [5, 5.41) is 0. The predicted molar refractivity (Wildman–Crippen MR) is 54.9 cm³/mol. The largest absolute Gasteiger partial charge is 0.368 e. The van der Waals surface area contributed by atoms with Crippen molar-refractivity contribution < 1.29 is 9.53 Å². The van der Waals surface area contributed by atoms with Crippen LogP contribution >= 0.6 is 0 Å². The highest BCUT2D eigenvalue weighted by Crippen LogP contribution is 2.07. The van der Waals surface area contributed by atoms with E-state index < -0.39 is 0 Å². The number of carbonyl (C=O) groups is 1. The van der Waals surface area contributed by atoms with Gasteiger partial charge in [0.1, 0.15) is 6.10 Å². The van der Waals surface area contributed by atoms with Crippen molar-refractivity contribution in [2.24, 2.45) is 0 Å². The summed E-state index contributed by atoms with van der Waals surface area (Å²) in [6.07, 6.45) is 6.08. The minimum atomic E-state index is -0.300. The number of terminal acetylenes is 1. The van der Waals surface area contributed by atoms with Crippen LogP contribution in [0.1, 0.15) is 19.8 Å². The molecular weight excluding hydrogens is 178 g/mol. The van der Waals surface area contributed by atoms with E-state index in [0.29, 0.717) is 13.2 Å². The van der Waals surface area contributed by atoms with Gasteiger partial charge in [-0.2, -0.15) is 0 Å². The summed E-state index contributed by atoms with van der Waals surface area (Å²) < 4.78 is 5.38. The molecule has 1 heterocycles. The molecular formula is C11H17NO2. The smallest absolute Gasteiger partial charge is 0.174 e. The van der Waals surface area contributed by atoms with Gasteiger partial charge in [-0.25, -0.2) is 0 Å². The minimum absolute atomic E-state index is 0.0355. The first-order valence-corrected chi connectivity index (χ1v) is 5.08. The second-order valence-corrected chi connectivity index (χ2v) is 3.51. The van der Waals surface area contributed by atoms with Crippen LogP contribution in [0.15, 0.2) is 0 Å². The van der Waals surface area contributed by atoms with E-state index in [2.05, 4.69) is 17.7 Å². The van der Waals surface area contributed by atoms with Gasteiger partial charge < -0.3 is 4.74 Å². The second kappa shape index (κ2) is 5.79. The van der Waals surface area contributed by atoms with Crippen molar-refractivity contribution in [2.45, 2.75) is 25.9 Å². The van der Waals surface area contributed by atoms with Crippen LogP contribution in [-0.4, -0.2) is 43.0 Å². The van der Waals surface area contributed by atoms with Gasteiger partial charge in [-0.1, -0.05) is 12.8 Å². The van der Waals surface area contributed by atoms with Crippen LogP contribution in [0.25, 0.3) is 0 Å². The molecule has 1 saturated heterocycles. The van der Waals surface area contributed by atoms with E-state index in [1.54, 1.807) is 0 Å². The Morgan fingerprint density at radius 2 is 2.50 bits per heavy atom. The Morgan fingerprint density at radius 3 is 3.14 bits per heavy atom. The van der Waals surface area contributed by atoms with Crippen molar-refractivity contribution in [1.29, 1.82) is 0 Å². The van der Waals surface area contributed by atoms with E-state index in [9.17, 15) is 4.79 Å². The molecule has 1 aliphatic heterocycles. The number of hydrogen-bond acceptors (Lipinski definition) is 3. The van der Waals surface area contributed by atoms with E-state index in [4.69, 9.17) is 11.2 Å². The van der Waals surface area contributed by atoms with E-state index in [-0.39, 0.29) is 18.3 Å². The first-order valence-electron chi connectivity index (χ1n) is 5.08. The number of nitrogens with zero attached hydrogens (tertiary/aromatic N) is 1. The Hall–Kier alpha value is -0.850. The summed E-state index contributed by atoms with van der Waals surface area (Å²) in [5.74, 6) is 2.40. The maximum Gasteiger partial charge on any atom is 0.174 e. The fourth-order valence-corrected chi connectivity index (χ4v) is 1.63. The summed E-state index contributed by atoms with van der Waals surface area (Å²) in [5.41, 5.74) is 0. The molecule has 3 nitrogen and oxygen atoms in total. The predicted octanol–water partition coefficient (Wildman–Crippen LogP) is 0.690. The van der Waals surface area contributed by atoms with Gasteiger partial charge in [0.25, 0.3) is 0 Å². The SMILES string of the molecule is C#CCC(=O)C1CN(CCC)CCO1. The molecule has 3 heteroatoms. The topological polar surface area (TPSA) is 29.5 Å². The molecule has 0 aromatic rings. The molecule has 0 N–H and O–H groups in total. The summed E-state index contributed by atoms with van der Waals surface area (Å²) >= 11 is 0. The van der Waals surface area contributed by atoms with Crippen molar-refractivity contribution in [3.05, 3.63) is 0 Å². The molecule has 1 fully saturated rings. The molecule has 14 heavy (non-hydrogen) atoms. The molecule has 0 spiro atoms. The van der Waals surface area contributed by atoms with Crippen LogP contribution in [0.2, 0.25) is 0 Å². The average Bonchev–Trinajstić information content (AvgIpc) is 2.19. The van der Waals surface area contributed by atoms with Gasteiger partial charge >= 0.3 is 0 Å². The number of carbonyl (C=O) groups excluding carboxylic acids is 1. The van der Waals surface area contributed by atoms with Crippen LogP contribution in [0, 0.1) is 12.3 Å². The van der Waals surface area contributed by atoms with Crippen molar-refractivity contribution in [1.82, 2.24) is 4.90 Å². The lowest BCUT2D eigenvalue weighted by molar-refractivity contribution is -0.135. The number of hydrogen-bond donors (Lipinski definition) is 0. The fraction of sp³-hybridized carbons (Fsp3) is 0.727. The van der Waals surface area contributed by atoms with Gasteiger partial charge in [-0.15, -0.1) is 6.42 Å². The Balaban J connectivity index is 2.40. The maximum atomic E-state index is 11.5. The normalized spacial score (nSPS) is 23.0. The fourth-order valence-electron chi connectivity index (χ4n) is 1.63. The van der Waals surface area contributed by atoms with E-state index in [0.717, 1.165) is 19.5 Å². The number of rotatable bonds is 4. The van der Waals surface area contributed by atoms with Crippen LogP contribution in [0.3, 0.4) is 0 Å². The van der Waals surface area contributed by atoms with Crippen molar-refractivity contribution in [3.8, 4) is 12.3 Å². The molecule has 1 rings (SSSR count). The van der Waals surface area contributed by atoms with Crippen molar-refractivity contribution in [2.75, 3.05) is 26.2 Å². The number of morpholine rings is 1. The lowest BCUT2D eigenvalue weighted by atomic mass is 10.1. The summed E-state index contributed by atoms with van der Waals surface area (Å²) in [6.45, 7) is 5.43. The molecule has 0 radical (unpaired) electrons. The van der Waals surface area contributed by atoms with E-state index in [1.165, 1.54) is 0 Å². The van der Waals surface area contributed by atoms with Crippen LogP contribution in [-0.2, 0) is 9.53 Å². The average molecular weight is 195 g/mol. The van der Waals surface area contributed by atoms with Gasteiger partial charge in [-0.3, -0.25) is 9.69 Å². The molecule has 0 aromatic heterocycles. The molecule has 0 saturated carbocycles. The monoisotopic (exact) mass is 195 g/mol. The summed E-state index contributed by atoms with van der Waals surface area (Å²) in [4.78, 5) is 13.7. The van der Waals surface area contributed by atoms with Crippen LogP contribution in [0.5, 0.6) is 0 Å². The Labute approximate surface area is 85.4 Å². The van der Waals surface area contributed by atoms with Gasteiger partial charge in [0.2, 0.25) is 0 Å². The van der Waals surface area contributed by atoms with Gasteiger partial charge in [-0.05, 0) is 13.0 Å². The summed E-state index contributed by atoms with van der Waals surface area (Å²) in [6, 6.07) is 0. The number of ketones is 1. The molecule has 1 atom stereocenters. The summed E-state index contributed by atoms with van der Waals surface area (Å²) in [7, 11) is 0. The molecule has 0 bridgehead atoms. The van der Waals surface area contributed by atoms with Crippen molar-refractivity contribution >= 4 is 5.78 Å². The molecule has 78 valence electrons. The highest BCUT2D eigenvalue weighted by molar-refractivity contribution is 5.85. The molecule has 0 amide bonds. The van der Waals surface area contributed by atoms with E-state index >= 15 is 0 Å². The van der Waals surface area contributed by atoms with Gasteiger partial charge in [0, 0.05) is 13.1 Å². The Morgan fingerprint density at radius 1 is 1.71 bits per heavy atom. The first kappa shape index (κ1) is 11.2. The van der Waals surface area contributed by atoms with E-state index in [1.807, 2.05) is 0 Å². The maximum absolute atomic E-state index is 11.5. The van der Waals surface area contributed by atoms with Gasteiger partial charge in [0.05, 0.1) is 13.0 Å². The highest BCUT2D eigenvalue weighted by atomic mass is 16.5. The van der Waals surface area contributed by atoms with Crippen LogP contribution in [0.4, 0.5) is 0 Å². The molecule has 1 unspecified atom stereocenters. The third kappa shape index (κ3) is 3.13. The third-order valence-electron chi connectivity index (χ3n) is 2.33. The standard InChI is InChI=1S/C11H17NO2/c1-3-5-10(13)11-9-12(6-4-2)7-8-14-11/h1,11H,4-9H2,2H3. The highest BCUT2D eigenvalue weighted by Gasteiger charge is 2.24. The minimum Gasteiger partial charge on any atom is -0.368 e. The zero-order chi connectivity index (χ0) is 10.4. The Bertz CT molecular complexity index is 230. The number of Topliss-reactive ketones (excluding diaryl/α,β-unsaturated/α-hetero) is 1. The molecule has 0 aliphatic carbocycles.